The third-order valence-corrected chi connectivity index (χ3v) is 4.60. The van der Waals surface area contributed by atoms with Crippen molar-refractivity contribution in [2.75, 3.05) is 5.32 Å². The van der Waals surface area contributed by atoms with Gasteiger partial charge in [-0.05, 0) is 24.6 Å². The minimum atomic E-state index is -0.433. The summed E-state index contributed by atoms with van der Waals surface area (Å²) >= 11 is 11.8. The van der Waals surface area contributed by atoms with Crippen LogP contribution in [0.5, 0.6) is 0 Å². The van der Waals surface area contributed by atoms with Crippen molar-refractivity contribution in [1.29, 1.82) is 0 Å². The maximum atomic E-state index is 12.4. The lowest BCUT2D eigenvalue weighted by atomic mass is 10.2. The van der Waals surface area contributed by atoms with E-state index in [0.717, 1.165) is 4.57 Å². The Labute approximate surface area is 163 Å². The van der Waals surface area contributed by atoms with Crippen LogP contribution in [0.2, 0.25) is 10.0 Å². The molecular weight excluding hydrogens is 393 g/mol. The lowest BCUT2D eigenvalue weighted by Crippen LogP contribution is -2.37. The van der Waals surface area contributed by atoms with E-state index in [1.165, 1.54) is 17.9 Å². The van der Waals surface area contributed by atoms with Gasteiger partial charge in [0.25, 0.3) is 5.56 Å². The smallest absolute Gasteiger partial charge is 0.326 e. The van der Waals surface area contributed by atoms with Gasteiger partial charge in [-0.15, -0.1) is 0 Å². The van der Waals surface area contributed by atoms with Gasteiger partial charge in [-0.3, -0.25) is 18.7 Å². The zero-order chi connectivity index (χ0) is 19.7. The van der Waals surface area contributed by atoms with Gasteiger partial charge in [0.15, 0.2) is 11.2 Å². The van der Waals surface area contributed by atoms with E-state index in [-0.39, 0.29) is 12.3 Å². The van der Waals surface area contributed by atoms with Crippen LogP contribution in [0.1, 0.15) is 12.8 Å². The number of carbonyl (C=O) groups excluding carboxylic acids is 1. The predicted octanol–water partition coefficient (Wildman–Crippen LogP) is 2.16. The van der Waals surface area contributed by atoms with E-state index in [4.69, 9.17) is 23.2 Å². The molecule has 3 rings (SSSR count). The van der Waals surface area contributed by atoms with Gasteiger partial charge in [-0.1, -0.05) is 23.2 Å². The highest BCUT2D eigenvalue weighted by molar-refractivity contribution is 6.35. The molecule has 1 amide bonds. The Kier molecular flexibility index (Phi) is 5.38. The van der Waals surface area contributed by atoms with Crippen molar-refractivity contribution < 1.29 is 4.79 Å². The van der Waals surface area contributed by atoms with E-state index in [2.05, 4.69) is 10.3 Å². The number of amides is 1. The lowest BCUT2D eigenvalue weighted by Gasteiger charge is -2.08. The second kappa shape index (κ2) is 7.58. The van der Waals surface area contributed by atoms with E-state index in [1.54, 1.807) is 29.8 Å². The number of aromatic nitrogens is 4. The monoisotopic (exact) mass is 409 g/mol. The molecule has 10 heteroatoms. The Morgan fingerprint density at radius 3 is 2.44 bits per heavy atom. The van der Waals surface area contributed by atoms with Crippen LogP contribution in [-0.2, 0) is 25.4 Å². The van der Waals surface area contributed by atoms with Crippen LogP contribution < -0.4 is 16.6 Å². The number of imidazole rings is 1. The number of nitrogens with zero attached hydrogens (tertiary/aromatic N) is 4. The minimum Gasteiger partial charge on any atom is -0.326 e. The third-order valence-electron chi connectivity index (χ3n) is 4.17. The third kappa shape index (κ3) is 3.91. The first-order chi connectivity index (χ1) is 12.8. The number of carbonyl (C=O) groups is 1. The number of hydrogen-bond acceptors (Lipinski definition) is 4. The number of hydrogen-bond donors (Lipinski definition) is 1. The second-order valence-electron chi connectivity index (χ2n) is 6.13. The molecule has 0 aliphatic rings. The van der Waals surface area contributed by atoms with Crippen LogP contribution >= 0.6 is 23.2 Å². The largest absolute Gasteiger partial charge is 0.332 e. The maximum Gasteiger partial charge on any atom is 0.332 e. The second-order valence-corrected chi connectivity index (χ2v) is 7.00. The summed E-state index contributed by atoms with van der Waals surface area (Å²) in [6.45, 7) is 0.410. The number of fused-ring (bicyclic) bond motifs is 1. The Hall–Kier alpha value is -2.58. The van der Waals surface area contributed by atoms with E-state index in [1.807, 2.05) is 0 Å². The quantitative estimate of drug-likeness (QED) is 0.698. The molecule has 0 aliphatic carbocycles. The number of rotatable bonds is 5. The molecule has 1 N–H and O–H groups in total. The van der Waals surface area contributed by atoms with Gasteiger partial charge in [-0.25, -0.2) is 9.78 Å². The topological polar surface area (TPSA) is 90.9 Å². The van der Waals surface area contributed by atoms with Crippen molar-refractivity contribution in [1.82, 2.24) is 18.7 Å². The van der Waals surface area contributed by atoms with Crippen molar-refractivity contribution in [2.45, 2.75) is 19.4 Å². The molecule has 8 nitrogen and oxygen atoms in total. The lowest BCUT2D eigenvalue weighted by molar-refractivity contribution is -0.116. The summed E-state index contributed by atoms with van der Waals surface area (Å²) in [5.41, 5.74) is 0.332. The summed E-state index contributed by atoms with van der Waals surface area (Å²) < 4.78 is 4.01. The minimum absolute atomic E-state index is 0.196. The molecule has 0 bridgehead atoms. The van der Waals surface area contributed by atoms with E-state index in [9.17, 15) is 14.4 Å². The zero-order valence-electron chi connectivity index (χ0n) is 14.7. The highest BCUT2D eigenvalue weighted by Crippen LogP contribution is 2.22. The van der Waals surface area contributed by atoms with Gasteiger partial charge in [0, 0.05) is 42.8 Å². The highest BCUT2D eigenvalue weighted by atomic mass is 35.5. The van der Waals surface area contributed by atoms with Crippen LogP contribution in [0, 0.1) is 0 Å². The first kappa shape index (κ1) is 19.2. The van der Waals surface area contributed by atoms with Gasteiger partial charge < -0.3 is 9.88 Å². The predicted molar refractivity (Wildman–Crippen MR) is 105 cm³/mol. The fraction of sp³-hybridized carbons (Fsp3) is 0.294. The molecule has 27 heavy (non-hydrogen) atoms. The Morgan fingerprint density at radius 1 is 1.11 bits per heavy atom. The molecule has 0 unspecified atom stereocenters. The number of halogens is 2. The Bertz CT molecular complexity index is 1130. The molecule has 0 spiro atoms. The molecule has 2 heterocycles. The van der Waals surface area contributed by atoms with Crippen LogP contribution in [0.3, 0.4) is 0 Å². The van der Waals surface area contributed by atoms with Crippen molar-refractivity contribution in [2.24, 2.45) is 14.1 Å². The molecule has 0 saturated heterocycles. The zero-order valence-corrected chi connectivity index (χ0v) is 16.2. The summed E-state index contributed by atoms with van der Waals surface area (Å²) in [7, 11) is 2.98. The maximum absolute atomic E-state index is 12.4. The van der Waals surface area contributed by atoms with E-state index < -0.39 is 11.2 Å². The summed E-state index contributed by atoms with van der Waals surface area (Å²) in [6.07, 6.45) is 2.22. The summed E-state index contributed by atoms with van der Waals surface area (Å²) in [5, 5.41) is 3.60. The molecule has 0 radical (unpaired) electrons. The average molecular weight is 410 g/mol. The normalized spacial score (nSPS) is 11.1. The van der Waals surface area contributed by atoms with Crippen molar-refractivity contribution in [3.05, 3.63) is 55.4 Å². The van der Waals surface area contributed by atoms with Gasteiger partial charge in [0.1, 0.15) is 0 Å². The van der Waals surface area contributed by atoms with Crippen LogP contribution in [0.4, 0.5) is 5.69 Å². The first-order valence-electron chi connectivity index (χ1n) is 8.14. The number of anilines is 1. The van der Waals surface area contributed by atoms with Crippen LogP contribution in [-0.4, -0.2) is 24.6 Å². The van der Waals surface area contributed by atoms with Crippen molar-refractivity contribution in [3.63, 3.8) is 0 Å². The first-order valence-corrected chi connectivity index (χ1v) is 8.90. The van der Waals surface area contributed by atoms with Gasteiger partial charge >= 0.3 is 5.69 Å². The van der Waals surface area contributed by atoms with Crippen LogP contribution in [0.25, 0.3) is 11.2 Å². The molecule has 0 aliphatic heterocycles. The van der Waals surface area contributed by atoms with Crippen LogP contribution in [0.15, 0.2) is 34.1 Å². The number of benzene rings is 1. The fourth-order valence-electron chi connectivity index (χ4n) is 2.83. The van der Waals surface area contributed by atoms with Gasteiger partial charge in [0.05, 0.1) is 6.33 Å². The highest BCUT2D eigenvalue weighted by Gasteiger charge is 2.14. The molecule has 3 aromatic rings. The Balaban J connectivity index is 1.70. The van der Waals surface area contributed by atoms with E-state index >= 15 is 0 Å². The average Bonchev–Trinajstić information content (AvgIpc) is 3.01. The van der Waals surface area contributed by atoms with Gasteiger partial charge in [0.2, 0.25) is 5.91 Å². The van der Waals surface area contributed by atoms with Crippen molar-refractivity contribution >= 4 is 46.0 Å². The van der Waals surface area contributed by atoms with Crippen molar-refractivity contribution in [3.8, 4) is 0 Å². The fourth-order valence-corrected chi connectivity index (χ4v) is 3.35. The summed E-state index contributed by atoms with van der Waals surface area (Å²) in [5.74, 6) is -0.196. The molecule has 0 atom stereocenters. The number of nitrogens with one attached hydrogen (secondary N) is 1. The molecule has 2 aromatic heterocycles. The standard InChI is InChI=1S/C17H17Cl2N5O3/c1-22-15-14(16(26)23(2)17(22)27)24(9-20-15)5-3-4-13(25)21-12-7-10(18)6-11(19)8-12/h6-9H,3-5H2,1-2H3,(H,21,25). The Morgan fingerprint density at radius 2 is 1.78 bits per heavy atom. The molecule has 1 aromatic carbocycles. The molecular formula is C17H17Cl2N5O3. The van der Waals surface area contributed by atoms with Gasteiger partial charge in [-0.2, -0.15) is 0 Å². The SMILES string of the molecule is Cn1c(=O)c2c(ncn2CCCC(=O)Nc2cc(Cl)cc(Cl)c2)n(C)c1=O. The molecule has 0 saturated carbocycles. The number of aryl methyl sites for hydroxylation is 2. The van der Waals surface area contributed by atoms with E-state index in [0.29, 0.717) is 39.9 Å². The summed E-state index contributed by atoms with van der Waals surface area (Å²) in [4.78, 5) is 40.6. The summed E-state index contributed by atoms with van der Waals surface area (Å²) in [6, 6.07) is 4.80. The molecule has 0 fully saturated rings. The molecule has 142 valence electrons.